The van der Waals surface area contributed by atoms with Gasteiger partial charge < -0.3 is 5.32 Å². The maximum absolute atomic E-state index is 5.74. The van der Waals surface area contributed by atoms with Gasteiger partial charge in [-0.25, -0.2) is 15.0 Å². The van der Waals surface area contributed by atoms with E-state index in [0.29, 0.717) is 0 Å². The van der Waals surface area contributed by atoms with Gasteiger partial charge in [0.15, 0.2) is 0 Å². The lowest BCUT2D eigenvalue weighted by atomic mass is 10.3. The van der Waals surface area contributed by atoms with E-state index >= 15 is 0 Å². The summed E-state index contributed by atoms with van der Waals surface area (Å²) in [4.78, 5) is 12.4. The number of aromatic nitrogens is 3. The van der Waals surface area contributed by atoms with Crippen molar-refractivity contribution in [3.8, 4) is 0 Å². The van der Waals surface area contributed by atoms with E-state index < -0.39 is 0 Å². The maximum atomic E-state index is 5.74. The first kappa shape index (κ1) is 12.3. The van der Waals surface area contributed by atoms with Gasteiger partial charge in [0.25, 0.3) is 0 Å². The van der Waals surface area contributed by atoms with E-state index in [9.17, 15) is 0 Å². The lowest BCUT2D eigenvalue weighted by Crippen LogP contribution is -2.08. The highest BCUT2D eigenvalue weighted by Gasteiger charge is 2.02. The van der Waals surface area contributed by atoms with Crippen LogP contribution in [0, 0.1) is 13.8 Å². The predicted octanol–water partition coefficient (Wildman–Crippen LogP) is 2.86. The zero-order valence-electron chi connectivity index (χ0n) is 9.70. The normalized spacial score (nSPS) is 10.5. The molecule has 0 fully saturated rings. The predicted molar refractivity (Wildman–Crippen MR) is 70.8 cm³/mol. The van der Waals surface area contributed by atoms with Crippen LogP contribution in [0.2, 0.25) is 5.28 Å². The van der Waals surface area contributed by atoms with Crippen LogP contribution in [0.25, 0.3) is 0 Å². The second-order valence-electron chi connectivity index (χ2n) is 3.71. The van der Waals surface area contributed by atoms with Crippen molar-refractivity contribution < 1.29 is 0 Å². The number of thiazole rings is 1. The standard InChI is InChI=1S/C11H13ClN4S/c1-7-5-14-11(12)16-10(7)13-4-3-9-6-17-8(2)15-9/h5-6H,3-4H2,1-2H3,(H,13,14,16). The first-order valence-corrected chi connectivity index (χ1v) is 6.55. The Morgan fingerprint density at radius 1 is 1.35 bits per heavy atom. The van der Waals surface area contributed by atoms with Gasteiger partial charge in [-0.1, -0.05) is 0 Å². The van der Waals surface area contributed by atoms with Crippen LogP contribution in [-0.2, 0) is 6.42 Å². The fourth-order valence-electron chi connectivity index (χ4n) is 1.43. The number of rotatable bonds is 4. The van der Waals surface area contributed by atoms with Crippen molar-refractivity contribution in [2.45, 2.75) is 20.3 Å². The third-order valence-electron chi connectivity index (χ3n) is 2.28. The van der Waals surface area contributed by atoms with E-state index in [-0.39, 0.29) is 5.28 Å². The molecule has 4 nitrogen and oxygen atoms in total. The van der Waals surface area contributed by atoms with Crippen LogP contribution in [0.5, 0.6) is 0 Å². The molecule has 0 aliphatic rings. The van der Waals surface area contributed by atoms with Crippen LogP contribution in [0.15, 0.2) is 11.6 Å². The fourth-order valence-corrected chi connectivity index (χ4v) is 2.21. The van der Waals surface area contributed by atoms with Crippen LogP contribution in [0.4, 0.5) is 5.82 Å². The van der Waals surface area contributed by atoms with Crippen molar-refractivity contribution in [2.75, 3.05) is 11.9 Å². The first-order valence-electron chi connectivity index (χ1n) is 5.29. The molecule has 0 aromatic carbocycles. The number of nitrogens with one attached hydrogen (secondary N) is 1. The molecule has 0 aliphatic heterocycles. The van der Waals surface area contributed by atoms with Crippen molar-refractivity contribution in [3.63, 3.8) is 0 Å². The minimum atomic E-state index is 0.266. The molecule has 0 atom stereocenters. The zero-order chi connectivity index (χ0) is 12.3. The Morgan fingerprint density at radius 2 is 2.18 bits per heavy atom. The molecule has 0 amide bonds. The van der Waals surface area contributed by atoms with Gasteiger partial charge in [-0.3, -0.25) is 0 Å². The van der Waals surface area contributed by atoms with E-state index in [1.165, 1.54) is 0 Å². The molecule has 1 N–H and O–H groups in total. The number of hydrogen-bond acceptors (Lipinski definition) is 5. The maximum Gasteiger partial charge on any atom is 0.224 e. The molecule has 0 saturated heterocycles. The Kier molecular flexibility index (Phi) is 3.91. The summed E-state index contributed by atoms with van der Waals surface area (Å²) in [5.41, 5.74) is 2.10. The SMILES string of the molecule is Cc1nc(CCNc2nc(Cl)ncc2C)cs1. The van der Waals surface area contributed by atoms with Crippen molar-refractivity contribution in [1.82, 2.24) is 15.0 Å². The summed E-state index contributed by atoms with van der Waals surface area (Å²) in [5.74, 6) is 0.789. The highest BCUT2D eigenvalue weighted by Crippen LogP contribution is 2.13. The van der Waals surface area contributed by atoms with E-state index in [1.54, 1.807) is 17.5 Å². The Balaban J connectivity index is 1.91. The van der Waals surface area contributed by atoms with Crippen molar-refractivity contribution >= 4 is 28.8 Å². The summed E-state index contributed by atoms with van der Waals surface area (Å²) < 4.78 is 0. The average Bonchev–Trinajstić information content (AvgIpc) is 2.69. The molecule has 2 heterocycles. The molecule has 90 valence electrons. The largest absolute Gasteiger partial charge is 0.369 e. The topological polar surface area (TPSA) is 50.7 Å². The summed E-state index contributed by atoms with van der Waals surface area (Å²) in [6.45, 7) is 4.75. The smallest absolute Gasteiger partial charge is 0.224 e. The second kappa shape index (κ2) is 5.42. The van der Waals surface area contributed by atoms with Gasteiger partial charge in [0, 0.05) is 30.1 Å². The monoisotopic (exact) mass is 268 g/mol. The van der Waals surface area contributed by atoms with Crippen molar-refractivity contribution in [3.05, 3.63) is 33.1 Å². The van der Waals surface area contributed by atoms with Crippen LogP contribution in [0.1, 0.15) is 16.3 Å². The van der Waals surface area contributed by atoms with Gasteiger partial charge >= 0.3 is 0 Å². The quantitative estimate of drug-likeness (QED) is 0.867. The molecule has 2 aromatic rings. The molecule has 0 spiro atoms. The summed E-state index contributed by atoms with van der Waals surface area (Å²) in [6.07, 6.45) is 2.59. The number of anilines is 1. The van der Waals surface area contributed by atoms with Gasteiger partial charge in [-0.2, -0.15) is 0 Å². The second-order valence-corrected chi connectivity index (χ2v) is 5.11. The lowest BCUT2D eigenvalue weighted by molar-refractivity contribution is 0.953. The highest BCUT2D eigenvalue weighted by atomic mass is 35.5. The van der Waals surface area contributed by atoms with Gasteiger partial charge in [0.05, 0.1) is 10.7 Å². The van der Waals surface area contributed by atoms with E-state index in [4.69, 9.17) is 11.6 Å². The fraction of sp³-hybridized carbons (Fsp3) is 0.364. The molecule has 2 rings (SSSR count). The molecular formula is C11H13ClN4S. The molecule has 17 heavy (non-hydrogen) atoms. The average molecular weight is 269 g/mol. The van der Waals surface area contributed by atoms with Gasteiger partial charge in [0.1, 0.15) is 5.82 Å². The molecule has 6 heteroatoms. The van der Waals surface area contributed by atoms with Gasteiger partial charge in [-0.05, 0) is 25.4 Å². The molecule has 2 aromatic heterocycles. The lowest BCUT2D eigenvalue weighted by Gasteiger charge is -2.07. The molecule has 0 bridgehead atoms. The number of aryl methyl sites for hydroxylation is 2. The number of hydrogen-bond donors (Lipinski definition) is 1. The summed E-state index contributed by atoms with van der Waals surface area (Å²) in [6, 6.07) is 0. The first-order chi connectivity index (χ1) is 8.15. The van der Waals surface area contributed by atoms with Crippen LogP contribution in [0.3, 0.4) is 0 Å². The van der Waals surface area contributed by atoms with Crippen molar-refractivity contribution in [2.24, 2.45) is 0 Å². The summed E-state index contributed by atoms with van der Waals surface area (Å²) in [5, 5.41) is 6.69. The molecule has 0 saturated carbocycles. The van der Waals surface area contributed by atoms with Crippen LogP contribution >= 0.6 is 22.9 Å². The Morgan fingerprint density at radius 3 is 2.88 bits per heavy atom. The minimum Gasteiger partial charge on any atom is -0.369 e. The Bertz CT molecular complexity index is 512. The third-order valence-corrected chi connectivity index (χ3v) is 3.29. The molecule has 0 unspecified atom stereocenters. The Labute approximate surface area is 109 Å². The zero-order valence-corrected chi connectivity index (χ0v) is 11.3. The number of halogens is 1. The number of nitrogens with zero attached hydrogens (tertiary/aromatic N) is 3. The van der Waals surface area contributed by atoms with E-state index in [0.717, 1.165) is 35.0 Å². The van der Waals surface area contributed by atoms with Crippen LogP contribution in [-0.4, -0.2) is 21.5 Å². The molecule has 0 radical (unpaired) electrons. The minimum absolute atomic E-state index is 0.266. The van der Waals surface area contributed by atoms with E-state index in [2.05, 4.69) is 25.6 Å². The summed E-state index contributed by atoms with van der Waals surface area (Å²) in [7, 11) is 0. The van der Waals surface area contributed by atoms with Crippen LogP contribution < -0.4 is 5.32 Å². The Hall–Kier alpha value is -1.20. The van der Waals surface area contributed by atoms with Gasteiger partial charge in [-0.15, -0.1) is 11.3 Å². The molecule has 0 aliphatic carbocycles. The highest BCUT2D eigenvalue weighted by molar-refractivity contribution is 7.09. The van der Waals surface area contributed by atoms with E-state index in [1.807, 2.05) is 13.8 Å². The van der Waals surface area contributed by atoms with Gasteiger partial charge in [0.2, 0.25) is 5.28 Å². The molecular weight excluding hydrogens is 256 g/mol. The summed E-state index contributed by atoms with van der Waals surface area (Å²) >= 11 is 7.41. The van der Waals surface area contributed by atoms with Crippen molar-refractivity contribution in [1.29, 1.82) is 0 Å². The third kappa shape index (κ3) is 3.38.